The molecule has 1 N–H and O–H groups in total. The number of hydrogen-bond donors (Lipinski definition) is 1. The van der Waals surface area contributed by atoms with Crippen LogP contribution in [0.1, 0.15) is 75.1 Å². The van der Waals surface area contributed by atoms with Gasteiger partial charge in [-0.15, -0.1) is 0 Å². The van der Waals surface area contributed by atoms with Gasteiger partial charge in [-0.2, -0.15) is 5.10 Å². The highest BCUT2D eigenvalue weighted by atomic mass is 15.3. The van der Waals surface area contributed by atoms with Crippen LogP contribution in [0.15, 0.2) is 65.3 Å². The topological polar surface area (TPSA) is 24.4 Å². The van der Waals surface area contributed by atoms with E-state index >= 15 is 0 Å². The highest BCUT2D eigenvalue weighted by molar-refractivity contribution is 5.90. The number of rotatable bonds is 6. The van der Waals surface area contributed by atoms with Crippen LogP contribution in [0.5, 0.6) is 0 Å². The molecule has 0 aromatic heterocycles. The minimum Gasteiger partial charge on any atom is -0.278 e. The van der Waals surface area contributed by atoms with E-state index in [9.17, 15) is 0 Å². The Bertz CT molecular complexity index is 872. The number of benzene rings is 2. The van der Waals surface area contributed by atoms with Crippen LogP contribution in [0.3, 0.4) is 0 Å². The van der Waals surface area contributed by atoms with E-state index in [1.165, 1.54) is 27.8 Å². The zero-order chi connectivity index (χ0) is 19.4. The highest BCUT2D eigenvalue weighted by Gasteiger charge is 2.13. The Labute approximate surface area is 163 Å². The number of nitrogens with one attached hydrogen (secondary N) is 1. The van der Waals surface area contributed by atoms with Crippen molar-refractivity contribution >= 4 is 17.5 Å². The maximum atomic E-state index is 4.63. The van der Waals surface area contributed by atoms with E-state index < -0.39 is 0 Å². The van der Waals surface area contributed by atoms with Crippen LogP contribution in [-0.2, 0) is 0 Å². The summed E-state index contributed by atoms with van der Waals surface area (Å²) >= 11 is 0. The van der Waals surface area contributed by atoms with Gasteiger partial charge in [-0.05, 0) is 47.4 Å². The summed E-state index contributed by atoms with van der Waals surface area (Å²) < 4.78 is 0. The standard InChI is InChI=1S/C25H30N2/c1-17(2)22-11-8-12-23(18(3)4)25(22)27-26-16-21-9-6-7-10-24(21)20-14-13-19(5)15-20/h6-13,15-18,27H,14H2,1-5H3. The molecule has 0 radical (unpaired) electrons. The van der Waals surface area contributed by atoms with E-state index in [1.54, 1.807) is 0 Å². The minimum absolute atomic E-state index is 0.450. The summed E-state index contributed by atoms with van der Waals surface area (Å²) in [5.41, 5.74) is 12.2. The van der Waals surface area contributed by atoms with Gasteiger partial charge in [0.2, 0.25) is 0 Å². The fraction of sp³-hybridized carbons (Fsp3) is 0.320. The van der Waals surface area contributed by atoms with Gasteiger partial charge in [0.1, 0.15) is 0 Å². The third-order valence-corrected chi connectivity index (χ3v) is 5.11. The number of para-hydroxylation sites is 1. The number of allylic oxidation sites excluding steroid dienone is 4. The van der Waals surface area contributed by atoms with Crippen molar-refractivity contribution in [2.75, 3.05) is 5.43 Å². The van der Waals surface area contributed by atoms with Crippen molar-refractivity contribution in [3.8, 4) is 0 Å². The normalized spacial score (nSPS) is 14.2. The van der Waals surface area contributed by atoms with Crippen molar-refractivity contribution in [3.05, 3.63) is 82.4 Å². The molecule has 0 saturated heterocycles. The monoisotopic (exact) mass is 358 g/mol. The molecule has 0 spiro atoms. The second-order valence-corrected chi connectivity index (χ2v) is 7.90. The van der Waals surface area contributed by atoms with Gasteiger partial charge in [0.15, 0.2) is 0 Å². The number of nitrogens with zero attached hydrogens (tertiary/aromatic N) is 1. The molecular weight excluding hydrogens is 328 g/mol. The van der Waals surface area contributed by atoms with Gasteiger partial charge < -0.3 is 0 Å². The van der Waals surface area contributed by atoms with Crippen molar-refractivity contribution in [3.63, 3.8) is 0 Å². The first kappa shape index (κ1) is 19.2. The molecule has 1 aliphatic carbocycles. The zero-order valence-corrected chi connectivity index (χ0v) is 17.1. The SMILES string of the molecule is CC1=CCC(c2ccccc2C=NNc2c(C(C)C)cccc2C(C)C)=C1. The Morgan fingerprint density at radius 2 is 1.59 bits per heavy atom. The van der Waals surface area contributed by atoms with Crippen molar-refractivity contribution in [2.24, 2.45) is 5.10 Å². The lowest BCUT2D eigenvalue weighted by Crippen LogP contribution is -2.04. The Kier molecular flexibility index (Phi) is 5.95. The van der Waals surface area contributed by atoms with Crippen LogP contribution in [0.4, 0.5) is 5.69 Å². The Hall–Kier alpha value is -2.61. The van der Waals surface area contributed by atoms with Crippen LogP contribution in [0, 0.1) is 0 Å². The van der Waals surface area contributed by atoms with Crippen LogP contribution < -0.4 is 5.43 Å². The lowest BCUT2D eigenvalue weighted by atomic mass is 9.93. The lowest BCUT2D eigenvalue weighted by Gasteiger charge is -2.18. The molecule has 0 atom stereocenters. The van der Waals surface area contributed by atoms with Gasteiger partial charge in [-0.3, -0.25) is 5.43 Å². The molecule has 27 heavy (non-hydrogen) atoms. The molecule has 140 valence electrons. The molecule has 1 aliphatic rings. The number of hydrazone groups is 1. The molecule has 0 aliphatic heterocycles. The smallest absolute Gasteiger partial charge is 0.0630 e. The molecule has 0 fully saturated rings. The molecule has 0 bridgehead atoms. The summed E-state index contributed by atoms with van der Waals surface area (Å²) in [5, 5.41) is 4.63. The number of hydrogen-bond acceptors (Lipinski definition) is 2. The molecule has 3 rings (SSSR count). The predicted octanol–water partition coefficient (Wildman–Crippen LogP) is 7.11. The largest absolute Gasteiger partial charge is 0.278 e. The fourth-order valence-electron chi connectivity index (χ4n) is 3.60. The quantitative estimate of drug-likeness (QED) is 0.432. The van der Waals surface area contributed by atoms with Crippen LogP contribution in [0.25, 0.3) is 5.57 Å². The van der Waals surface area contributed by atoms with Gasteiger partial charge in [-0.25, -0.2) is 0 Å². The molecule has 2 aromatic carbocycles. The Morgan fingerprint density at radius 3 is 2.19 bits per heavy atom. The van der Waals surface area contributed by atoms with Gasteiger partial charge in [-0.1, -0.05) is 87.9 Å². The van der Waals surface area contributed by atoms with Crippen LogP contribution in [0.2, 0.25) is 0 Å². The van der Waals surface area contributed by atoms with Crippen molar-refractivity contribution in [1.29, 1.82) is 0 Å². The maximum Gasteiger partial charge on any atom is 0.0630 e. The highest BCUT2D eigenvalue weighted by Crippen LogP contribution is 2.32. The molecule has 0 saturated carbocycles. The summed E-state index contributed by atoms with van der Waals surface area (Å²) in [4.78, 5) is 0. The first-order valence-corrected chi connectivity index (χ1v) is 9.86. The van der Waals surface area contributed by atoms with Gasteiger partial charge in [0.05, 0.1) is 11.9 Å². The van der Waals surface area contributed by atoms with Crippen LogP contribution >= 0.6 is 0 Å². The van der Waals surface area contributed by atoms with Gasteiger partial charge in [0, 0.05) is 5.56 Å². The molecule has 0 unspecified atom stereocenters. The van der Waals surface area contributed by atoms with E-state index in [0.29, 0.717) is 11.8 Å². The molecule has 2 heteroatoms. The van der Waals surface area contributed by atoms with Crippen molar-refractivity contribution in [2.45, 2.75) is 52.9 Å². The third-order valence-electron chi connectivity index (χ3n) is 5.11. The van der Waals surface area contributed by atoms with E-state index in [4.69, 9.17) is 0 Å². The van der Waals surface area contributed by atoms with Crippen molar-refractivity contribution in [1.82, 2.24) is 0 Å². The first-order valence-electron chi connectivity index (χ1n) is 9.86. The summed E-state index contributed by atoms with van der Waals surface area (Å²) in [6, 6.07) is 15.0. The van der Waals surface area contributed by atoms with E-state index in [2.05, 4.69) is 99.8 Å². The zero-order valence-electron chi connectivity index (χ0n) is 17.1. The number of anilines is 1. The fourth-order valence-corrected chi connectivity index (χ4v) is 3.60. The second-order valence-electron chi connectivity index (χ2n) is 7.90. The molecule has 2 aromatic rings. The molecule has 2 nitrogen and oxygen atoms in total. The summed E-state index contributed by atoms with van der Waals surface area (Å²) in [6.07, 6.45) is 7.49. The Morgan fingerprint density at radius 1 is 0.926 bits per heavy atom. The van der Waals surface area contributed by atoms with E-state index in [1.807, 2.05) is 6.21 Å². The van der Waals surface area contributed by atoms with E-state index in [-0.39, 0.29) is 0 Å². The van der Waals surface area contributed by atoms with Gasteiger partial charge >= 0.3 is 0 Å². The second kappa shape index (κ2) is 8.39. The molecular formula is C25H30N2. The average molecular weight is 359 g/mol. The average Bonchev–Trinajstić information content (AvgIpc) is 3.08. The first-order chi connectivity index (χ1) is 13.0. The van der Waals surface area contributed by atoms with E-state index in [0.717, 1.165) is 17.7 Å². The summed E-state index contributed by atoms with van der Waals surface area (Å²) in [5.74, 6) is 0.901. The van der Waals surface area contributed by atoms with Crippen LogP contribution in [-0.4, -0.2) is 6.21 Å². The maximum absolute atomic E-state index is 4.63. The molecule has 0 heterocycles. The third kappa shape index (κ3) is 4.39. The van der Waals surface area contributed by atoms with Gasteiger partial charge in [0.25, 0.3) is 0 Å². The minimum atomic E-state index is 0.450. The Balaban J connectivity index is 1.89. The summed E-state index contributed by atoms with van der Waals surface area (Å²) in [7, 11) is 0. The summed E-state index contributed by atoms with van der Waals surface area (Å²) in [6.45, 7) is 11.1. The lowest BCUT2D eigenvalue weighted by molar-refractivity contribution is 0.835. The molecule has 0 amide bonds. The van der Waals surface area contributed by atoms with Crippen molar-refractivity contribution < 1.29 is 0 Å². The predicted molar refractivity (Wildman–Crippen MR) is 119 cm³/mol.